The Morgan fingerprint density at radius 1 is 1.50 bits per heavy atom. The third kappa shape index (κ3) is 2.16. The molecule has 84 valence electrons. The van der Waals surface area contributed by atoms with E-state index >= 15 is 0 Å². The maximum absolute atomic E-state index is 11.6. The first-order valence-corrected chi connectivity index (χ1v) is 5.26. The van der Waals surface area contributed by atoms with Crippen LogP contribution in [-0.4, -0.2) is 28.3 Å². The molecule has 8 heteroatoms. The lowest BCUT2D eigenvalue weighted by molar-refractivity contribution is 0.102. The molecule has 0 aliphatic rings. The van der Waals surface area contributed by atoms with Crippen molar-refractivity contribution < 1.29 is 9.32 Å². The molecule has 0 atom stereocenters. The number of amides is 1. The van der Waals surface area contributed by atoms with Crippen molar-refractivity contribution in [2.75, 3.05) is 17.7 Å². The van der Waals surface area contributed by atoms with Gasteiger partial charge < -0.3 is 9.84 Å². The molecule has 7 nitrogen and oxygen atoms in total. The van der Waals surface area contributed by atoms with Gasteiger partial charge in [-0.25, -0.2) is 0 Å². The summed E-state index contributed by atoms with van der Waals surface area (Å²) >= 11 is 1.16. The highest BCUT2D eigenvalue weighted by molar-refractivity contribution is 7.17. The molecule has 0 fully saturated rings. The van der Waals surface area contributed by atoms with Gasteiger partial charge >= 0.3 is 0 Å². The number of aromatic nitrogens is 3. The molecule has 0 spiro atoms. The van der Waals surface area contributed by atoms with Gasteiger partial charge in [0.1, 0.15) is 0 Å². The Morgan fingerprint density at radius 2 is 2.31 bits per heavy atom. The summed E-state index contributed by atoms with van der Waals surface area (Å²) < 4.78 is 4.85. The summed E-state index contributed by atoms with van der Waals surface area (Å²) in [6.07, 6.45) is 0. The Hall–Kier alpha value is -1.96. The molecule has 16 heavy (non-hydrogen) atoms. The van der Waals surface area contributed by atoms with E-state index < -0.39 is 0 Å². The van der Waals surface area contributed by atoms with Gasteiger partial charge in [0.25, 0.3) is 5.91 Å². The first kappa shape index (κ1) is 10.6. The zero-order chi connectivity index (χ0) is 11.5. The van der Waals surface area contributed by atoms with Crippen LogP contribution in [-0.2, 0) is 0 Å². The monoisotopic (exact) mass is 239 g/mol. The highest BCUT2D eigenvalue weighted by Gasteiger charge is 2.14. The summed E-state index contributed by atoms with van der Waals surface area (Å²) in [6.45, 7) is 1.77. The largest absolute Gasteiger partial charge is 0.363 e. The number of nitrogens with one attached hydrogen (secondary N) is 2. The van der Waals surface area contributed by atoms with Crippen molar-refractivity contribution >= 4 is 28.3 Å². The Bertz CT molecular complexity index is 506. The molecule has 1 amide bonds. The molecule has 2 rings (SSSR count). The Morgan fingerprint density at radius 3 is 2.88 bits per heavy atom. The van der Waals surface area contributed by atoms with Gasteiger partial charge in [0, 0.05) is 13.1 Å². The lowest BCUT2D eigenvalue weighted by atomic mass is 10.5. The van der Waals surface area contributed by atoms with Crippen LogP contribution in [0.1, 0.15) is 15.5 Å². The lowest BCUT2D eigenvalue weighted by Gasteiger charge is -1.94. The smallest absolute Gasteiger partial charge is 0.289 e. The molecular weight excluding hydrogens is 230 g/mol. The van der Waals surface area contributed by atoms with Gasteiger partial charge in [-0.2, -0.15) is 0 Å². The number of hydrogen-bond donors (Lipinski definition) is 2. The fourth-order valence-electron chi connectivity index (χ4n) is 1.00. The summed E-state index contributed by atoms with van der Waals surface area (Å²) in [5, 5.41) is 17.3. The predicted molar refractivity (Wildman–Crippen MR) is 58.6 cm³/mol. The van der Waals surface area contributed by atoms with E-state index in [1.54, 1.807) is 20.0 Å². The quantitative estimate of drug-likeness (QED) is 0.834. The van der Waals surface area contributed by atoms with E-state index in [-0.39, 0.29) is 10.9 Å². The molecule has 2 aromatic heterocycles. The zero-order valence-corrected chi connectivity index (χ0v) is 9.46. The second-order valence-electron chi connectivity index (χ2n) is 2.95. The summed E-state index contributed by atoms with van der Waals surface area (Å²) in [5.74, 6) is -0.0705. The van der Waals surface area contributed by atoms with Crippen LogP contribution >= 0.6 is 11.3 Å². The van der Waals surface area contributed by atoms with Gasteiger partial charge in [-0.3, -0.25) is 10.1 Å². The van der Waals surface area contributed by atoms with E-state index in [1.165, 1.54) is 0 Å². The van der Waals surface area contributed by atoms with Crippen molar-refractivity contribution in [1.82, 2.24) is 15.4 Å². The number of anilines is 2. The number of nitrogens with zero attached hydrogens (tertiary/aromatic N) is 3. The van der Waals surface area contributed by atoms with Crippen molar-refractivity contribution in [2.24, 2.45) is 0 Å². The number of hydrogen-bond acceptors (Lipinski definition) is 7. The van der Waals surface area contributed by atoms with Gasteiger partial charge in [0.2, 0.25) is 16.0 Å². The van der Waals surface area contributed by atoms with Crippen LogP contribution in [0.5, 0.6) is 0 Å². The molecule has 0 saturated heterocycles. The molecule has 0 aliphatic carbocycles. The third-order valence-corrected chi connectivity index (χ3v) is 2.64. The molecule has 0 radical (unpaired) electrons. The lowest BCUT2D eigenvalue weighted by Crippen LogP contribution is -2.10. The Balaban J connectivity index is 2.08. The minimum atomic E-state index is -0.366. The van der Waals surface area contributed by atoms with Crippen LogP contribution in [0.3, 0.4) is 0 Å². The first-order chi connectivity index (χ1) is 7.69. The Labute approximate surface area is 94.9 Å². The average Bonchev–Trinajstić information content (AvgIpc) is 2.87. The third-order valence-electron chi connectivity index (χ3n) is 1.70. The second kappa shape index (κ2) is 4.27. The number of carbonyl (C=O) groups excluding carboxylic acids is 1. The standard InChI is InChI=1S/C8H9N5O2S/c1-4-3-5(15-13-4)10-6(14)7-11-12-8(9-2)16-7/h3H,1-2H3,(H,9,12)(H,10,14). The molecule has 2 N–H and O–H groups in total. The van der Waals surface area contributed by atoms with Crippen LogP contribution < -0.4 is 10.6 Å². The Kier molecular flexibility index (Phi) is 2.82. The molecule has 0 aromatic carbocycles. The van der Waals surface area contributed by atoms with Gasteiger partial charge in [0.05, 0.1) is 5.69 Å². The summed E-state index contributed by atoms with van der Waals surface area (Å²) in [5.41, 5.74) is 0.698. The van der Waals surface area contributed by atoms with Crippen molar-refractivity contribution in [1.29, 1.82) is 0 Å². The van der Waals surface area contributed by atoms with Crippen molar-refractivity contribution in [3.63, 3.8) is 0 Å². The van der Waals surface area contributed by atoms with Crippen LogP contribution in [0.25, 0.3) is 0 Å². The average molecular weight is 239 g/mol. The highest BCUT2D eigenvalue weighted by Crippen LogP contribution is 2.16. The minimum absolute atomic E-state index is 0.262. The van der Waals surface area contributed by atoms with E-state index in [9.17, 15) is 4.79 Å². The van der Waals surface area contributed by atoms with Gasteiger partial charge in [-0.15, -0.1) is 10.2 Å². The minimum Gasteiger partial charge on any atom is -0.363 e. The molecular formula is C8H9N5O2S. The highest BCUT2D eigenvalue weighted by atomic mass is 32.1. The maximum Gasteiger partial charge on any atom is 0.289 e. The van der Waals surface area contributed by atoms with Crippen LogP contribution in [0.4, 0.5) is 11.0 Å². The summed E-state index contributed by atoms with van der Waals surface area (Å²) in [6, 6.07) is 1.62. The predicted octanol–water partition coefficient (Wildman–Crippen LogP) is 1.13. The first-order valence-electron chi connectivity index (χ1n) is 4.45. The van der Waals surface area contributed by atoms with Gasteiger partial charge in [0.15, 0.2) is 0 Å². The molecule has 2 heterocycles. The molecule has 0 saturated carbocycles. The van der Waals surface area contributed by atoms with Gasteiger partial charge in [-0.05, 0) is 6.92 Å². The molecule has 2 aromatic rings. The molecule has 0 aliphatic heterocycles. The number of rotatable bonds is 3. The second-order valence-corrected chi connectivity index (χ2v) is 3.93. The number of carbonyl (C=O) groups is 1. The maximum atomic E-state index is 11.6. The van der Waals surface area contributed by atoms with Crippen LogP contribution in [0.2, 0.25) is 0 Å². The SMILES string of the molecule is CNc1nnc(C(=O)Nc2cc(C)no2)s1. The normalized spacial score (nSPS) is 10.1. The zero-order valence-electron chi connectivity index (χ0n) is 8.64. The van der Waals surface area contributed by atoms with E-state index in [4.69, 9.17) is 4.52 Å². The molecule has 0 unspecified atom stereocenters. The van der Waals surface area contributed by atoms with E-state index in [1.807, 2.05) is 0 Å². The topological polar surface area (TPSA) is 92.9 Å². The summed E-state index contributed by atoms with van der Waals surface area (Å²) in [4.78, 5) is 11.6. The number of aryl methyl sites for hydroxylation is 1. The van der Waals surface area contributed by atoms with E-state index in [0.29, 0.717) is 16.7 Å². The molecule has 0 bridgehead atoms. The van der Waals surface area contributed by atoms with E-state index in [2.05, 4.69) is 26.0 Å². The summed E-state index contributed by atoms with van der Waals surface area (Å²) in [7, 11) is 1.71. The van der Waals surface area contributed by atoms with Crippen LogP contribution in [0.15, 0.2) is 10.6 Å². The van der Waals surface area contributed by atoms with Crippen molar-refractivity contribution in [3.05, 3.63) is 16.8 Å². The van der Waals surface area contributed by atoms with E-state index in [0.717, 1.165) is 11.3 Å². The van der Waals surface area contributed by atoms with Crippen molar-refractivity contribution in [2.45, 2.75) is 6.92 Å². The fraction of sp³-hybridized carbons (Fsp3) is 0.250. The fourth-order valence-corrected chi connectivity index (χ4v) is 1.60. The van der Waals surface area contributed by atoms with Gasteiger partial charge in [-0.1, -0.05) is 16.5 Å². The van der Waals surface area contributed by atoms with Crippen LogP contribution in [0, 0.1) is 6.92 Å². The van der Waals surface area contributed by atoms with Crippen molar-refractivity contribution in [3.8, 4) is 0 Å².